The summed E-state index contributed by atoms with van der Waals surface area (Å²) in [6, 6.07) is 10.5. The molecule has 1 atom stereocenters. The molecule has 2 aromatic carbocycles. The van der Waals surface area contributed by atoms with Crippen LogP contribution in [0.25, 0.3) is 0 Å². The van der Waals surface area contributed by atoms with Gasteiger partial charge in [-0.3, -0.25) is 0 Å². The number of ether oxygens (including phenoxy) is 2. The first kappa shape index (κ1) is 22.4. The van der Waals surface area contributed by atoms with Gasteiger partial charge in [0.05, 0.1) is 10.9 Å². The molecular weight excluding hydrogens is 430 g/mol. The van der Waals surface area contributed by atoms with E-state index in [1.165, 1.54) is 4.31 Å². The highest BCUT2D eigenvalue weighted by atomic mass is 32.2. The van der Waals surface area contributed by atoms with Gasteiger partial charge in [0, 0.05) is 26.2 Å². The van der Waals surface area contributed by atoms with Gasteiger partial charge in [0.2, 0.25) is 10.0 Å². The first-order valence-electron chi connectivity index (χ1n) is 10.8. The fourth-order valence-corrected chi connectivity index (χ4v) is 5.68. The number of carbonyl (C=O) groups excluding carboxylic acids is 1. The molecule has 8 nitrogen and oxygen atoms in total. The van der Waals surface area contributed by atoms with Crippen LogP contribution in [0.2, 0.25) is 0 Å². The fraction of sp³-hybridized carbons (Fsp3) is 0.435. The van der Waals surface area contributed by atoms with Crippen molar-refractivity contribution in [3.63, 3.8) is 0 Å². The second-order valence-electron chi connectivity index (χ2n) is 8.23. The summed E-state index contributed by atoms with van der Waals surface area (Å²) in [6.45, 7) is 7.90. The number of sulfonamides is 1. The molecule has 0 spiro atoms. The Kier molecular flexibility index (Phi) is 6.30. The normalized spacial score (nSPS) is 17.7. The van der Waals surface area contributed by atoms with E-state index in [0.29, 0.717) is 42.7 Å². The van der Waals surface area contributed by atoms with Gasteiger partial charge < -0.3 is 19.7 Å². The summed E-state index contributed by atoms with van der Waals surface area (Å²) in [6.07, 6.45) is 0. The molecule has 32 heavy (non-hydrogen) atoms. The van der Waals surface area contributed by atoms with E-state index in [1.54, 1.807) is 11.0 Å². The number of nitrogens with zero attached hydrogens (tertiary/aromatic N) is 2. The molecule has 0 aromatic heterocycles. The van der Waals surface area contributed by atoms with Crippen LogP contribution in [0.1, 0.15) is 29.7 Å². The number of rotatable bonds is 4. The number of amides is 2. The summed E-state index contributed by atoms with van der Waals surface area (Å²) >= 11 is 0. The van der Waals surface area contributed by atoms with Gasteiger partial charge in [-0.15, -0.1) is 0 Å². The molecule has 0 aliphatic carbocycles. The van der Waals surface area contributed by atoms with Crippen molar-refractivity contribution in [2.75, 3.05) is 39.4 Å². The second kappa shape index (κ2) is 8.99. The Balaban J connectivity index is 1.36. The molecule has 172 valence electrons. The van der Waals surface area contributed by atoms with E-state index in [0.717, 1.165) is 16.7 Å². The Morgan fingerprint density at radius 2 is 1.66 bits per heavy atom. The molecule has 9 heteroatoms. The van der Waals surface area contributed by atoms with Gasteiger partial charge in [-0.1, -0.05) is 23.8 Å². The number of aryl methyl sites for hydroxylation is 2. The van der Waals surface area contributed by atoms with Crippen molar-refractivity contribution in [2.45, 2.75) is 31.7 Å². The number of carbonyl (C=O) groups is 1. The molecular formula is C23H29N3O5S. The van der Waals surface area contributed by atoms with Crippen LogP contribution >= 0.6 is 0 Å². The summed E-state index contributed by atoms with van der Waals surface area (Å²) in [4.78, 5) is 14.8. The van der Waals surface area contributed by atoms with Crippen LogP contribution in [0.4, 0.5) is 4.79 Å². The van der Waals surface area contributed by atoms with Crippen LogP contribution in [0.5, 0.6) is 11.5 Å². The van der Waals surface area contributed by atoms with Crippen LogP contribution in [0.3, 0.4) is 0 Å². The van der Waals surface area contributed by atoms with E-state index in [1.807, 2.05) is 51.1 Å². The molecule has 1 fully saturated rings. The summed E-state index contributed by atoms with van der Waals surface area (Å²) < 4.78 is 38.7. The third-order valence-corrected chi connectivity index (χ3v) is 7.94. The van der Waals surface area contributed by atoms with Gasteiger partial charge in [-0.2, -0.15) is 4.31 Å². The highest BCUT2D eigenvalue weighted by Crippen LogP contribution is 2.32. The number of piperazine rings is 1. The maximum Gasteiger partial charge on any atom is 0.317 e. The Bertz CT molecular complexity index is 1110. The lowest BCUT2D eigenvalue weighted by molar-refractivity contribution is 0.168. The zero-order valence-corrected chi connectivity index (χ0v) is 19.4. The van der Waals surface area contributed by atoms with Gasteiger partial charge in [0.1, 0.15) is 13.2 Å². The first-order chi connectivity index (χ1) is 15.3. The maximum absolute atomic E-state index is 13.1. The van der Waals surface area contributed by atoms with Crippen LogP contribution in [-0.2, 0) is 10.0 Å². The molecule has 1 saturated heterocycles. The van der Waals surface area contributed by atoms with Crippen LogP contribution < -0.4 is 14.8 Å². The predicted molar refractivity (Wildman–Crippen MR) is 121 cm³/mol. The topological polar surface area (TPSA) is 88.2 Å². The lowest BCUT2D eigenvalue weighted by Gasteiger charge is -2.35. The molecule has 2 amide bonds. The lowest BCUT2D eigenvalue weighted by atomic mass is 10.1. The Labute approximate surface area is 189 Å². The van der Waals surface area contributed by atoms with E-state index in [2.05, 4.69) is 5.32 Å². The monoisotopic (exact) mass is 459 g/mol. The van der Waals surface area contributed by atoms with Crippen molar-refractivity contribution in [3.05, 3.63) is 53.1 Å². The highest BCUT2D eigenvalue weighted by molar-refractivity contribution is 7.89. The standard InChI is InChI=1S/C23H29N3O5S/c1-16-4-7-22(17(2)14-16)32(28,29)26-10-8-25(9-11-26)23(27)24-18(3)19-5-6-20-21(15-19)31-13-12-30-20/h4-7,14-15,18H,8-13H2,1-3H3,(H,24,27)/t18-/m0/s1. The van der Waals surface area contributed by atoms with Gasteiger partial charge in [0.25, 0.3) is 0 Å². The van der Waals surface area contributed by atoms with E-state index < -0.39 is 10.0 Å². The van der Waals surface area contributed by atoms with Gasteiger partial charge in [0.15, 0.2) is 11.5 Å². The molecule has 2 heterocycles. The number of hydrogen-bond acceptors (Lipinski definition) is 5. The van der Waals surface area contributed by atoms with Crippen molar-refractivity contribution in [2.24, 2.45) is 0 Å². The second-order valence-corrected chi connectivity index (χ2v) is 10.1. The van der Waals surface area contributed by atoms with Gasteiger partial charge in [-0.05, 0) is 50.1 Å². The van der Waals surface area contributed by atoms with Crippen molar-refractivity contribution in [1.29, 1.82) is 0 Å². The van der Waals surface area contributed by atoms with Gasteiger partial charge >= 0.3 is 6.03 Å². The molecule has 0 saturated carbocycles. The zero-order valence-electron chi connectivity index (χ0n) is 18.6. The number of hydrogen-bond donors (Lipinski definition) is 1. The summed E-state index contributed by atoms with van der Waals surface area (Å²) in [5, 5.41) is 3.00. The molecule has 0 bridgehead atoms. The van der Waals surface area contributed by atoms with E-state index >= 15 is 0 Å². The van der Waals surface area contributed by atoms with Crippen molar-refractivity contribution in [3.8, 4) is 11.5 Å². The Morgan fingerprint density at radius 3 is 2.34 bits per heavy atom. The smallest absolute Gasteiger partial charge is 0.317 e. The SMILES string of the molecule is Cc1ccc(S(=O)(=O)N2CCN(C(=O)N[C@@H](C)c3ccc4c(c3)OCCO4)CC2)c(C)c1. The third kappa shape index (κ3) is 4.54. The van der Waals surface area contributed by atoms with Crippen LogP contribution in [0, 0.1) is 13.8 Å². The minimum absolute atomic E-state index is 0.212. The molecule has 2 aliphatic heterocycles. The van der Waals surface area contributed by atoms with Crippen molar-refractivity contribution in [1.82, 2.24) is 14.5 Å². The maximum atomic E-state index is 13.1. The third-order valence-electron chi connectivity index (χ3n) is 5.88. The number of urea groups is 1. The first-order valence-corrected chi connectivity index (χ1v) is 12.2. The quantitative estimate of drug-likeness (QED) is 0.760. The van der Waals surface area contributed by atoms with E-state index in [4.69, 9.17) is 9.47 Å². The zero-order chi connectivity index (χ0) is 22.9. The number of fused-ring (bicyclic) bond motifs is 1. The Hall–Kier alpha value is -2.78. The molecule has 0 radical (unpaired) electrons. The predicted octanol–water partition coefficient (Wildman–Crippen LogP) is 2.85. The molecule has 2 aliphatic rings. The van der Waals surface area contributed by atoms with Crippen molar-refractivity contribution >= 4 is 16.1 Å². The fourth-order valence-electron chi connectivity index (χ4n) is 4.05. The molecule has 0 unspecified atom stereocenters. The Morgan fingerprint density at radius 1 is 0.969 bits per heavy atom. The number of nitrogens with one attached hydrogen (secondary N) is 1. The molecule has 4 rings (SSSR count). The summed E-state index contributed by atoms with van der Waals surface area (Å²) in [7, 11) is -3.58. The average molecular weight is 460 g/mol. The highest BCUT2D eigenvalue weighted by Gasteiger charge is 2.31. The minimum atomic E-state index is -3.58. The molecule has 2 aromatic rings. The van der Waals surface area contributed by atoms with Crippen LogP contribution in [0.15, 0.2) is 41.3 Å². The molecule has 1 N–H and O–H groups in total. The largest absolute Gasteiger partial charge is 0.486 e. The average Bonchev–Trinajstić information content (AvgIpc) is 2.78. The van der Waals surface area contributed by atoms with Crippen molar-refractivity contribution < 1.29 is 22.7 Å². The van der Waals surface area contributed by atoms with Gasteiger partial charge in [-0.25, -0.2) is 13.2 Å². The van der Waals surface area contributed by atoms with E-state index in [-0.39, 0.29) is 25.2 Å². The lowest BCUT2D eigenvalue weighted by Crippen LogP contribution is -2.53. The minimum Gasteiger partial charge on any atom is -0.486 e. The number of benzene rings is 2. The summed E-state index contributed by atoms with van der Waals surface area (Å²) in [5.74, 6) is 1.39. The van der Waals surface area contributed by atoms with Crippen LogP contribution in [-0.4, -0.2) is 63.0 Å². The summed E-state index contributed by atoms with van der Waals surface area (Å²) in [5.41, 5.74) is 2.67. The van der Waals surface area contributed by atoms with E-state index in [9.17, 15) is 13.2 Å².